The van der Waals surface area contributed by atoms with E-state index in [1.807, 2.05) is 42.5 Å². The van der Waals surface area contributed by atoms with Crippen molar-refractivity contribution in [1.29, 1.82) is 0 Å². The van der Waals surface area contributed by atoms with Crippen LogP contribution in [0.5, 0.6) is 0 Å². The Morgan fingerprint density at radius 3 is 2.65 bits per heavy atom. The Labute approximate surface area is 150 Å². The topological polar surface area (TPSA) is 69.6 Å². The highest BCUT2D eigenvalue weighted by Gasteiger charge is 2.22. The van der Waals surface area contributed by atoms with Crippen LogP contribution in [0.15, 0.2) is 60.7 Å². The Bertz CT molecular complexity index is 1010. The van der Waals surface area contributed by atoms with Gasteiger partial charge in [0.2, 0.25) is 0 Å². The van der Waals surface area contributed by atoms with Gasteiger partial charge in [-0.15, -0.1) is 0 Å². The van der Waals surface area contributed by atoms with Gasteiger partial charge in [-0.2, -0.15) is 0 Å². The minimum absolute atomic E-state index is 0.0150. The first-order valence-corrected chi connectivity index (χ1v) is 8.50. The minimum Gasteiger partial charge on any atom is -0.478 e. The summed E-state index contributed by atoms with van der Waals surface area (Å²) in [5, 5.41) is 14.4. The first-order valence-electron chi connectivity index (χ1n) is 8.50. The zero-order valence-electron chi connectivity index (χ0n) is 14.1. The van der Waals surface area contributed by atoms with Crippen LogP contribution in [0.3, 0.4) is 0 Å². The summed E-state index contributed by atoms with van der Waals surface area (Å²) in [6.07, 6.45) is 0. The zero-order valence-corrected chi connectivity index (χ0v) is 14.1. The molecule has 2 N–H and O–H groups in total. The van der Waals surface area contributed by atoms with Gasteiger partial charge in [-0.3, -0.25) is 4.79 Å². The van der Waals surface area contributed by atoms with Crippen molar-refractivity contribution in [2.75, 3.05) is 18.4 Å². The molecule has 0 atom stereocenters. The van der Waals surface area contributed by atoms with Gasteiger partial charge in [-0.1, -0.05) is 42.5 Å². The van der Waals surface area contributed by atoms with Crippen LogP contribution in [0, 0.1) is 0 Å². The number of carbonyl (C=O) groups is 2. The fourth-order valence-electron chi connectivity index (χ4n) is 3.38. The van der Waals surface area contributed by atoms with Crippen LogP contribution in [0.2, 0.25) is 0 Å². The van der Waals surface area contributed by atoms with Gasteiger partial charge >= 0.3 is 5.97 Å². The maximum absolute atomic E-state index is 13.2. The molecule has 1 aliphatic heterocycles. The van der Waals surface area contributed by atoms with Gasteiger partial charge in [0, 0.05) is 30.9 Å². The average Bonchev–Trinajstić information content (AvgIpc) is 2.88. The Morgan fingerprint density at radius 2 is 1.81 bits per heavy atom. The van der Waals surface area contributed by atoms with Gasteiger partial charge in [0.05, 0.1) is 5.56 Å². The van der Waals surface area contributed by atoms with E-state index < -0.39 is 5.97 Å². The van der Waals surface area contributed by atoms with Crippen molar-refractivity contribution in [1.82, 2.24) is 4.90 Å². The molecule has 4 rings (SSSR count). The number of rotatable bonds is 2. The predicted octanol–water partition coefficient (Wildman–Crippen LogP) is 3.61. The van der Waals surface area contributed by atoms with Crippen LogP contribution < -0.4 is 5.32 Å². The van der Waals surface area contributed by atoms with Crippen LogP contribution >= 0.6 is 0 Å². The van der Waals surface area contributed by atoms with E-state index in [9.17, 15) is 9.59 Å². The van der Waals surface area contributed by atoms with Crippen LogP contribution in [0.25, 0.3) is 10.8 Å². The summed E-state index contributed by atoms with van der Waals surface area (Å²) in [5.41, 5.74) is 2.62. The molecule has 1 heterocycles. The Balaban J connectivity index is 1.67. The molecule has 0 unspecified atom stereocenters. The summed E-state index contributed by atoms with van der Waals surface area (Å²) in [4.78, 5) is 26.1. The lowest BCUT2D eigenvalue weighted by molar-refractivity contribution is 0.0695. The van der Waals surface area contributed by atoms with Gasteiger partial charge in [0.15, 0.2) is 0 Å². The molecule has 3 aromatic carbocycles. The highest BCUT2D eigenvalue weighted by molar-refractivity contribution is 6.07. The summed E-state index contributed by atoms with van der Waals surface area (Å²) in [7, 11) is 0. The first kappa shape index (κ1) is 16.1. The smallest absolute Gasteiger partial charge is 0.335 e. The molecule has 130 valence electrons. The van der Waals surface area contributed by atoms with Crippen LogP contribution in [0.1, 0.15) is 26.3 Å². The fraction of sp³-hybridized carbons (Fsp3) is 0.143. The molecule has 0 fully saturated rings. The van der Waals surface area contributed by atoms with Gasteiger partial charge < -0.3 is 15.3 Å². The molecule has 1 aliphatic rings. The SMILES string of the molecule is O=C(O)c1ccc2c(c1)NCCN(C(=O)c1cccc3ccccc13)C2. The van der Waals surface area contributed by atoms with Crippen molar-refractivity contribution in [3.63, 3.8) is 0 Å². The number of nitrogens with zero attached hydrogens (tertiary/aromatic N) is 1. The van der Waals surface area contributed by atoms with Crippen molar-refractivity contribution >= 4 is 28.3 Å². The van der Waals surface area contributed by atoms with E-state index in [-0.39, 0.29) is 11.5 Å². The maximum Gasteiger partial charge on any atom is 0.335 e. The number of fused-ring (bicyclic) bond motifs is 2. The highest BCUT2D eigenvalue weighted by Crippen LogP contribution is 2.25. The number of carboxylic acids is 1. The molecule has 26 heavy (non-hydrogen) atoms. The standard InChI is InChI=1S/C21H18N2O3/c24-20(18-7-3-5-14-4-1-2-6-17(14)18)23-11-10-22-19-12-15(21(25)26)8-9-16(19)13-23/h1-9,12,22H,10-11,13H2,(H,25,26). The average molecular weight is 346 g/mol. The summed E-state index contributed by atoms with van der Waals surface area (Å²) < 4.78 is 0. The van der Waals surface area contributed by atoms with E-state index in [2.05, 4.69) is 5.32 Å². The molecule has 0 aromatic heterocycles. The monoisotopic (exact) mass is 346 g/mol. The predicted molar refractivity (Wildman–Crippen MR) is 101 cm³/mol. The normalized spacial score (nSPS) is 13.6. The van der Waals surface area contributed by atoms with Crippen LogP contribution in [-0.2, 0) is 6.54 Å². The second-order valence-electron chi connectivity index (χ2n) is 6.36. The molecule has 3 aromatic rings. The molecular formula is C21H18N2O3. The molecule has 0 spiro atoms. The number of nitrogens with one attached hydrogen (secondary N) is 1. The molecule has 5 nitrogen and oxygen atoms in total. The van der Waals surface area contributed by atoms with E-state index in [4.69, 9.17) is 5.11 Å². The van der Waals surface area contributed by atoms with Crippen molar-refractivity contribution in [3.8, 4) is 0 Å². The molecule has 0 aliphatic carbocycles. The Morgan fingerprint density at radius 1 is 1.00 bits per heavy atom. The third-order valence-corrected chi connectivity index (χ3v) is 4.72. The largest absolute Gasteiger partial charge is 0.478 e. The molecule has 5 heteroatoms. The van der Waals surface area contributed by atoms with E-state index in [0.717, 1.165) is 22.0 Å². The van der Waals surface area contributed by atoms with Crippen molar-refractivity contribution in [2.24, 2.45) is 0 Å². The van der Waals surface area contributed by atoms with E-state index >= 15 is 0 Å². The lowest BCUT2D eigenvalue weighted by Gasteiger charge is -2.21. The van der Waals surface area contributed by atoms with Crippen LogP contribution in [0.4, 0.5) is 5.69 Å². The molecule has 1 amide bonds. The van der Waals surface area contributed by atoms with E-state index in [1.54, 1.807) is 23.1 Å². The lowest BCUT2D eigenvalue weighted by atomic mass is 10.0. The molecule has 0 bridgehead atoms. The molecule has 0 saturated heterocycles. The third kappa shape index (κ3) is 2.88. The number of amides is 1. The summed E-state index contributed by atoms with van der Waals surface area (Å²) in [5.74, 6) is -0.971. The van der Waals surface area contributed by atoms with Crippen molar-refractivity contribution < 1.29 is 14.7 Å². The van der Waals surface area contributed by atoms with Crippen LogP contribution in [-0.4, -0.2) is 35.0 Å². The molecular weight excluding hydrogens is 328 g/mol. The second kappa shape index (κ2) is 6.52. The minimum atomic E-state index is -0.956. The van der Waals surface area contributed by atoms with Gasteiger partial charge in [0.25, 0.3) is 5.91 Å². The number of anilines is 1. The lowest BCUT2D eigenvalue weighted by Crippen LogP contribution is -2.32. The number of aromatic carboxylic acids is 1. The maximum atomic E-state index is 13.2. The van der Waals surface area contributed by atoms with Gasteiger partial charge in [0.1, 0.15) is 0 Å². The molecule has 0 saturated carbocycles. The van der Waals surface area contributed by atoms with Crippen molar-refractivity contribution in [2.45, 2.75) is 6.54 Å². The van der Waals surface area contributed by atoms with E-state index in [0.29, 0.717) is 25.2 Å². The zero-order chi connectivity index (χ0) is 18.1. The van der Waals surface area contributed by atoms with Gasteiger partial charge in [-0.25, -0.2) is 4.79 Å². The fourth-order valence-corrected chi connectivity index (χ4v) is 3.38. The Hall–Kier alpha value is -3.34. The number of carbonyl (C=O) groups excluding carboxylic acids is 1. The highest BCUT2D eigenvalue weighted by atomic mass is 16.4. The second-order valence-corrected chi connectivity index (χ2v) is 6.36. The quantitative estimate of drug-likeness (QED) is 0.744. The van der Waals surface area contributed by atoms with Crippen molar-refractivity contribution in [3.05, 3.63) is 77.4 Å². The third-order valence-electron chi connectivity index (χ3n) is 4.72. The summed E-state index contributed by atoms with van der Waals surface area (Å²) in [6, 6.07) is 18.6. The summed E-state index contributed by atoms with van der Waals surface area (Å²) in [6.45, 7) is 1.58. The van der Waals surface area contributed by atoms with Gasteiger partial charge in [-0.05, 0) is 34.5 Å². The molecule has 0 radical (unpaired) electrons. The summed E-state index contributed by atoms with van der Waals surface area (Å²) >= 11 is 0. The van der Waals surface area contributed by atoms with E-state index in [1.165, 1.54) is 0 Å². The number of hydrogen-bond donors (Lipinski definition) is 2. The number of hydrogen-bond acceptors (Lipinski definition) is 3. The number of carboxylic acid groups (broad SMARTS) is 1. The first-order chi connectivity index (χ1) is 12.6. The Kier molecular flexibility index (Phi) is 4.05. The number of benzene rings is 3.